The van der Waals surface area contributed by atoms with Crippen LogP contribution in [0.1, 0.15) is 41.5 Å². The normalized spacial score (nSPS) is 11.1. The maximum atomic E-state index is 11.5. The van der Waals surface area contributed by atoms with Gasteiger partial charge in [0.25, 0.3) is 0 Å². The maximum absolute atomic E-state index is 11.5. The number of primary amides is 1. The van der Waals surface area contributed by atoms with Crippen molar-refractivity contribution in [3.05, 3.63) is 64.4 Å². The lowest BCUT2D eigenvalue weighted by Gasteiger charge is -2.11. The Morgan fingerprint density at radius 2 is 2.04 bits per heavy atom. The number of aryl methyl sites for hydroxylation is 1. The van der Waals surface area contributed by atoms with E-state index in [9.17, 15) is 4.79 Å². The molecule has 2 N–H and O–H groups in total. The fraction of sp³-hybridized carbons (Fsp3) is 0.263. The van der Waals surface area contributed by atoms with E-state index < -0.39 is 5.91 Å². The summed E-state index contributed by atoms with van der Waals surface area (Å²) >= 11 is 6.32. The topological polar surface area (TPSA) is 60.9 Å². The average Bonchev–Trinajstić information content (AvgIpc) is 2.92. The third-order valence-corrected chi connectivity index (χ3v) is 4.52. The van der Waals surface area contributed by atoms with Crippen molar-refractivity contribution in [1.29, 1.82) is 0 Å². The molecule has 5 heteroatoms. The van der Waals surface area contributed by atoms with E-state index in [2.05, 4.69) is 11.5 Å². The minimum absolute atomic E-state index is 0.433. The van der Waals surface area contributed by atoms with Gasteiger partial charge >= 0.3 is 0 Å². The Labute approximate surface area is 146 Å². The maximum Gasteiger partial charge on any atom is 0.248 e. The van der Waals surface area contributed by atoms with Gasteiger partial charge in [0.05, 0.1) is 17.6 Å². The van der Waals surface area contributed by atoms with Crippen molar-refractivity contribution in [3.8, 4) is 0 Å². The van der Waals surface area contributed by atoms with Crippen molar-refractivity contribution in [3.63, 3.8) is 0 Å². The number of nitrogens with zero attached hydrogens (tertiary/aromatic N) is 2. The van der Waals surface area contributed by atoms with Crippen molar-refractivity contribution >= 4 is 28.5 Å². The molecule has 4 nitrogen and oxygen atoms in total. The molecule has 1 heterocycles. The van der Waals surface area contributed by atoms with Gasteiger partial charge in [-0.05, 0) is 36.2 Å². The van der Waals surface area contributed by atoms with Crippen LogP contribution in [-0.4, -0.2) is 15.5 Å². The van der Waals surface area contributed by atoms with E-state index in [1.165, 1.54) is 0 Å². The molecule has 0 atom stereocenters. The number of nitrogens with two attached hydrogens (primary N) is 1. The van der Waals surface area contributed by atoms with Crippen LogP contribution >= 0.6 is 11.6 Å². The summed E-state index contributed by atoms with van der Waals surface area (Å²) in [6.07, 6.45) is 3.05. The highest BCUT2D eigenvalue weighted by molar-refractivity contribution is 6.31. The fourth-order valence-corrected chi connectivity index (χ4v) is 3.02. The number of fused-ring (bicyclic) bond motifs is 1. The molecule has 0 unspecified atom stereocenters. The van der Waals surface area contributed by atoms with Gasteiger partial charge in [-0.1, -0.05) is 43.1 Å². The van der Waals surface area contributed by atoms with Crippen LogP contribution in [0.25, 0.3) is 11.0 Å². The van der Waals surface area contributed by atoms with Crippen LogP contribution in [0.4, 0.5) is 0 Å². The van der Waals surface area contributed by atoms with Gasteiger partial charge in [-0.15, -0.1) is 0 Å². The van der Waals surface area contributed by atoms with Gasteiger partial charge in [0.1, 0.15) is 5.82 Å². The quantitative estimate of drug-likeness (QED) is 0.731. The molecule has 0 aliphatic rings. The molecular weight excluding hydrogens is 322 g/mol. The number of imidazole rings is 1. The van der Waals surface area contributed by atoms with E-state index in [1.54, 1.807) is 6.07 Å². The first kappa shape index (κ1) is 16.5. The first-order chi connectivity index (χ1) is 11.6. The summed E-state index contributed by atoms with van der Waals surface area (Å²) in [4.78, 5) is 16.3. The van der Waals surface area contributed by atoms with E-state index in [4.69, 9.17) is 22.3 Å². The Hall–Kier alpha value is -2.33. The van der Waals surface area contributed by atoms with Crippen molar-refractivity contribution in [1.82, 2.24) is 9.55 Å². The van der Waals surface area contributed by atoms with Crippen LogP contribution in [0.15, 0.2) is 42.5 Å². The molecule has 3 rings (SSSR count). The highest BCUT2D eigenvalue weighted by atomic mass is 35.5. The van der Waals surface area contributed by atoms with Crippen LogP contribution < -0.4 is 5.73 Å². The Balaban J connectivity index is 2.11. The molecule has 0 spiro atoms. The summed E-state index contributed by atoms with van der Waals surface area (Å²) < 4.78 is 2.14. The zero-order chi connectivity index (χ0) is 17.1. The number of hydrogen-bond acceptors (Lipinski definition) is 2. The second kappa shape index (κ2) is 7.05. The van der Waals surface area contributed by atoms with Gasteiger partial charge in [-0.2, -0.15) is 0 Å². The first-order valence-corrected chi connectivity index (χ1v) is 8.50. The van der Waals surface area contributed by atoms with E-state index in [0.717, 1.165) is 46.7 Å². The number of aromatic nitrogens is 2. The van der Waals surface area contributed by atoms with Crippen LogP contribution in [0.3, 0.4) is 0 Å². The van der Waals surface area contributed by atoms with Crippen LogP contribution in [0.2, 0.25) is 5.02 Å². The molecule has 0 aliphatic heterocycles. The summed E-state index contributed by atoms with van der Waals surface area (Å²) in [6.45, 7) is 2.78. The fourth-order valence-electron chi connectivity index (χ4n) is 2.83. The molecule has 24 heavy (non-hydrogen) atoms. The van der Waals surface area contributed by atoms with E-state index >= 15 is 0 Å². The number of unbranched alkanes of at least 4 members (excludes halogenated alkanes) is 1. The highest BCUT2D eigenvalue weighted by Crippen LogP contribution is 2.23. The summed E-state index contributed by atoms with van der Waals surface area (Å²) in [5.74, 6) is 0.575. The largest absolute Gasteiger partial charge is 0.366 e. The molecule has 0 fully saturated rings. The van der Waals surface area contributed by atoms with E-state index in [1.807, 2.05) is 36.4 Å². The zero-order valence-electron chi connectivity index (χ0n) is 13.6. The molecule has 0 saturated heterocycles. The Kier molecular flexibility index (Phi) is 4.86. The third kappa shape index (κ3) is 3.29. The van der Waals surface area contributed by atoms with Gasteiger partial charge in [0, 0.05) is 17.0 Å². The monoisotopic (exact) mass is 341 g/mol. The average molecular weight is 342 g/mol. The van der Waals surface area contributed by atoms with Gasteiger partial charge in [-0.25, -0.2) is 4.98 Å². The predicted octanol–water partition coefficient (Wildman–Crippen LogP) is 4.18. The SMILES string of the molecule is CCCCc1nc2ccc(C(N)=O)cc2n1Cc1ccccc1Cl. The molecule has 0 radical (unpaired) electrons. The Bertz CT molecular complexity index is 885. The molecule has 1 amide bonds. The molecule has 124 valence electrons. The molecule has 3 aromatic rings. The van der Waals surface area contributed by atoms with Gasteiger partial charge in [-0.3, -0.25) is 4.79 Å². The molecular formula is C19H20ClN3O. The van der Waals surface area contributed by atoms with Crippen LogP contribution in [0.5, 0.6) is 0 Å². The van der Waals surface area contributed by atoms with Crippen molar-refractivity contribution in [2.45, 2.75) is 32.7 Å². The zero-order valence-corrected chi connectivity index (χ0v) is 14.4. The lowest BCUT2D eigenvalue weighted by Crippen LogP contribution is -2.11. The molecule has 2 aromatic carbocycles. The van der Waals surface area contributed by atoms with Crippen molar-refractivity contribution < 1.29 is 4.79 Å². The minimum atomic E-state index is -0.433. The Morgan fingerprint density at radius 1 is 1.25 bits per heavy atom. The van der Waals surface area contributed by atoms with Crippen LogP contribution in [-0.2, 0) is 13.0 Å². The number of amides is 1. The van der Waals surface area contributed by atoms with Crippen molar-refractivity contribution in [2.24, 2.45) is 5.73 Å². The summed E-state index contributed by atoms with van der Waals surface area (Å²) in [5.41, 5.74) is 8.74. The molecule has 0 saturated carbocycles. The highest BCUT2D eigenvalue weighted by Gasteiger charge is 2.14. The second-order valence-corrected chi connectivity index (χ2v) is 6.28. The summed E-state index contributed by atoms with van der Waals surface area (Å²) in [7, 11) is 0. The van der Waals surface area contributed by atoms with Gasteiger partial charge in [0.15, 0.2) is 0 Å². The lowest BCUT2D eigenvalue weighted by atomic mass is 10.1. The number of hydrogen-bond donors (Lipinski definition) is 1. The predicted molar refractivity (Wildman–Crippen MR) is 97.4 cm³/mol. The number of halogens is 1. The number of carbonyl (C=O) groups is 1. The molecule has 0 bridgehead atoms. The standard InChI is InChI=1S/C19H20ClN3O/c1-2-3-8-18-22-16-10-9-13(19(21)24)11-17(16)23(18)12-14-6-4-5-7-15(14)20/h4-7,9-11H,2-3,8,12H2,1H3,(H2,21,24). The molecule has 0 aliphatic carbocycles. The lowest BCUT2D eigenvalue weighted by molar-refractivity contribution is 0.100. The van der Waals surface area contributed by atoms with Crippen LogP contribution in [0, 0.1) is 0 Å². The van der Waals surface area contributed by atoms with Gasteiger partial charge < -0.3 is 10.3 Å². The summed E-state index contributed by atoms with van der Waals surface area (Å²) in [6, 6.07) is 13.2. The minimum Gasteiger partial charge on any atom is -0.366 e. The summed E-state index contributed by atoms with van der Waals surface area (Å²) in [5, 5.41) is 0.729. The number of benzene rings is 2. The first-order valence-electron chi connectivity index (χ1n) is 8.12. The third-order valence-electron chi connectivity index (χ3n) is 4.15. The molecule has 1 aromatic heterocycles. The second-order valence-electron chi connectivity index (χ2n) is 5.88. The number of rotatable bonds is 6. The number of carbonyl (C=O) groups excluding carboxylic acids is 1. The smallest absolute Gasteiger partial charge is 0.248 e. The Morgan fingerprint density at radius 3 is 2.75 bits per heavy atom. The van der Waals surface area contributed by atoms with Crippen molar-refractivity contribution in [2.75, 3.05) is 0 Å². The van der Waals surface area contributed by atoms with Gasteiger partial charge in [0.2, 0.25) is 5.91 Å². The van der Waals surface area contributed by atoms with E-state index in [-0.39, 0.29) is 0 Å². The van der Waals surface area contributed by atoms with E-state index in [0.29, 0.717) is 12.1 Å².